The molecule has 1 aliphatic carbocycles. The summed E-state index contributed by atoms with van der Waals surface area (Å²) < 4.78 is 16.0. The van der Waals surface area contributed by atoms with E-state index < -0.39 is 0 Å². The normalized spacial score (nSPS) is 18.3. The van der Waals surface area contributed by atoms with Crippen molar-refractivity contribution in [1.82, 2.24) is 9.55 Å². The summed E-state index contributed by atoms with van der Waals surface area (Å²) in [5.74, 6) is 2.25. The number of para-hydroxylation sites is 1. The van der Waals surface area contributed by atoms with Crippen LogP contribution in [-0.4, -0.2) is 21.5 Å². The minimum absolute atomic E-state index is 0.0608. The van der Waals surface area contributed by atoms with E-state index in [1.54, 1.807) is 0 Å². The van der Waals surface area contributed by atoms with Crippen LogP contribution in [0.4, 0.5) is 0 Å². The highest BCUT2D eigenvalue weighted by atomic mass is 16.5. The summed E-state index contributed by atoms with van der Waals surface area (Å²) in [4.78, 5) is 10.1. The van der Waals surface area contributed by atoms with Gasteiger partial charge in [-0.05, 0) is 108 Å². The topological polar surface area (TPSA) is 48.6 Å². The van der Waals surface area contributed by atoms with Gasteiger partial charge in [0.2, 0.25) is 5.90 Å². The Kier molecular flexibility index (Phi) is 6.24. The van der Waals surface area contributed by atoms with E-state index in [0.717, 1.165) is 63.3 Å². The third-order valence-corrected chi connectivity index (χ3v) is 11.2. The first-order valence-corrected chi connectivity index (χ1v) is 17.6. The Morgan fingerprint density at radius 2 is 1.58 bits per heavy atom. The summed E-state index contributed by atoms with van der Waals surface area (Å²) in [7, 11) is 0. The summed E-state index contributed by atoms with van der Waals surface area (Å²) in [6, 6.07) is 38.9. The molecular formula is C45H37N3O2. The molecule has 0 spiro atoms. The van der Waals surface area contributed by atoms with Crippen LogP contribution in [0.2, 0.25) is 0 Å². The van der Waals surface area contributed by atoms with Crippen LogP contribution < -0.4 is 4.74 Å². The van der Waals surface area contributed by atoms with Crippen LogP contribution in [0, 0.1) is 13.8 Å². The molecule has 2 atom stereocenters. The van der Waals surface area contributed by atoms with Crippen LogP contribution in [0.3, 0.4) is 0 Å². The van der Waals surface area contributed by atoms with Gasteiger partial charge in [0.15, 0.2) is 0 Å². The zero-order chi connectivity index (χ0) is 33.7. The molecule has 0 unspecified atom stereocenters. The number of hydrogen-bond donors (Lipinski definition) is 0. The van der Waals surface area contributed by atoms with Gasteiger partial charge in [-0.2, -0.15) is 0 Å². The Morgan fingerprint density at radius 1 is 0.760 bits per heavy atom. The van der Waals surface area contributed by atoms with Crippen LogP contribution >= 0.6 is 0 Å². The van der Waals surface area contributed by atoms with Crippen molar-refractivity contribution in [3.63, 3.8) is 0 Å². The maximum Gasteiger partial charge on any atom is 0.217 e. The minimum atomic E-state index is -0.200. The van der Waals surface area contributed by atoms with Gasteiger partial charge in [-0.1, -0.05) is 80.6 Å². The van der Waals surface area contributed by atoms with Gasteiger partial charge in [-0.25, -0.2) is 9.98 Å². The molecule has 2 aromatic heterocycles. The van der Waals surface area contributed by atoms with Gasteiger partial charge in [0, 0.05) is 34.0 Å². The highest BCUT2D eigenvalue weighted by molar-refractivity contribution is 6.10. The van der Waals surface area contributed by atoms with E-state index in [4.69, 9.17) is 19.5 Å². The summed E-state index contributed by atoms with van der Waals surface area (Å²) in [6.07, 6.45) is 3.83. The molecule has 0 fully saturated rings. The Hall–Kier alpha value is -5.68. The zero-order valence-electron chi connectivity index (χ0n) is 28.7. The van der Waals surface area contributed by atoms with Crippen LogP contribution in [0.1, 0.15) is 65.3 Å². The fraction of sp³-hybridized carbons (Fsp3) is 0.200. The first kappa shape index (κ1) is 29.3. The number of rotatable bonds is 4. The van der Waals surface area contributed by atoms with Gasteiger partial charge in [-0.15, -0.1) is 0 Å². The fourth-order valence-corrected chi connectivity index (χ4v) is 8.66. The second-order valence-electron chi connectivity index (χ2n) is 14.6. The standard InChI is InChI=1S/C45H37N3O2/c1-26-11-8-15-34-32(26)18-19-38-42(34)50-44(47-38)30-22-29(28-12-6-5-7-13-28)23-31(24-30)49-40-25-39-37(21-27(40)2)45(3,4)36-17-9-14-33-35-16-10-20-46-43(35)48(39)41(33)36/h5-17,20-25,38,42H,18-19H2,1-4H3/t38-,42+/m1/s1. The molecule has 50 heavy (non-hydrogen) atoms. The third kappa shape index (κ3) is 4.25. The lowest BCUT2D eigenvalue weighted by Crippen LogP contribution is -2.26. The van der Waals surface area contributed by atoms with Gasteiger partial charge in [0.25, 0.3) is 0 Å². The van der Waals surface area contributed by atoms with E-state index in [2.05, 4.69) is 129 Å². The Morgan fingerprint density at radius 3 is 2.46 bits per heavy atom. The molecule has 0 amide bonds. The molecule has 5 aromatic carbocycles. The predicted octanol–water partition coefficient (Wildman–Crippen LogP) is 10.7. The van der Waals surface area contributed by atoms with Crippen LogP contribution in [0.15, 0.2) is 120 Å². The molecule has 2 aliphatic heterocycles. The molecule has 244 valence electrons. The van der Waals surface area contributed by atoms with Gasteiger partial charge in [0.05, 0.1) is 17.2 Å². The van der Waals surface area contributed by atoms with Gasteiger partial charge < -0.3 is 9.47 Å². The first-order valence-electron chi connectivity index (χ1n) is 17.6. The molecule has 0 N–H and O–H groups in total. The minimum Gasteiger partial charge on any atom is -0.467 e. The summed E-state index contributed by atoms with van der Waals surface area (Å²) >= 11 is 0. The van der Waals surface area contributed by atoms with Crippen LogP contribution in [-0.2, 0) is 16.6 Å². The predicted molar refractivity (Wildman–Crippen MR) is 201 cm³/mol. The van der Waals surface area contributed by atoms with Crippen molar-refractivity contribution in [3.8, 4) is 28.3 Å². The molecule has 4 heterocycles. The Balaban J connectivity index is 1.10. The lowest BCUT2D eigenvalue weighted by molar-refractivity contribution is 0.182. The number of aliphatic imine (C=N–C) groups is 1. The summed E-state index contributed by atoms with van der Waals surface area (Å²) in [5.41, 5.74) is 13.8. The number of aromatic nitrogens is 2. The van der Waals surface area contributed by atoms with Crippen LogP contribution in [0.5, 0.6) is 11.5 Å². The van der Waals surface area contributed by atoms with Crippen molar-refractivity contribution in [3.05, 3.63) is 154 Å². The number of fused-ring (bicyclic) bond motifs is 8. The largest absolute Gasteiger partial charge is 0.467 e. The van der Waals surface area contributed by atoms with E-state index in [9.17, 15) is 0 Å². The number of nitrogens with zero attached hydrogens (tertiary/aromatic N) is 3. The van der Waals surface area contributed by atoms with Gasteiger partial charge in [0.1, 0.15) is 23.3 Å². The molecule has 7 aromatic rings. The molecule has 0 bridgehead atoms. The number of benzene rings is 5. The van der Waals surface area contributed by atoms with Crippen LogP contribution in [0.25, 0.3) is 38.8 Å². The maximum absolute atomic E-state index is 6.92. The number of hydrogen-bond acceptors (Lipinski definition) is 4. The van der Waals surface area contributed by atoms with Gasteiger partial charge >= 0.3 is 0 Å². The second-order valence-corrected chi connectivity index (χ2v) is 14.6. The molecule has 0 saturated carbocycles. The van der Waals surface area contributed by atoms with E-state index in [-0.39, 0.29) is 17.6 Å². The van der Waals surface area contributed by atoms with E-state index in [1.807, 2.05) is 18.3 Å². The van der Waals surface area contributed by atoms with Crippen molar-refractivity contribution >= 4 is 27.8 Å². The highest BCUT2D eigenvalue weighted by Crippen LogP contribution is 2.49. The van der Waals surface area contributed by atoms with Gasteiger partial charge in [-0.3, -0.25) is 4.57 Å². The number of ether oxygens (including phenoxy) is 2. The van der Waals surface area contributed by atoms with Crippen molar-refractivity contribution < 1.29 is 9.47 Å². The Labute approximate surface area is 291 Å². The maximum atomic E-state index is 6.92. The van der Waals surface area contributed by atoms with E-state index in [0.29, 0.717) is 5.90 Å². The lowest BCUT2D eigenvalue weighted by atomic mass is 9.74. The third-order valence-electron chi connectivity index (χ3n) is 11.2. The highest BCUT2D eigenvalue weighted by Gasteiger charge is 2.38. The summed E-state index contributed by atoms with van der Waals surface area (Å²) in [6.45, 7) is 8.99. The monoisotopic (exact) mass is 651 g/mol. The zero-order valence-corrected chi connectivity index (χ0v) is 28.7. The molecule has 5 nitrogen and oxygen atoms in total. The lowest BCUT2D eigenvalue weighted by Gasteiger charge is -2.35. The quantitative estimate of drug-likeness (QED) is 0.190. The molecule has 5 heteroatoms. The van der Waals surface area contributed by atoms with Crippen molar-refractivity contribution in [1.29, 1.82) is 0 Å². The fourth-order valence-electron chi connectivity index (χ4n) is 8.66. The van der Waals surface area contributed by atoms with E-state index in [1.165, 1.54) is 38.7 Å². The van der Waals surface area contributed by atoms with E-state index >= 15 is 0 Å². The molecule has 0 radical (unpaired) electrons. The Bertz CT molecular complexity index is 2560. The van der Waals surface area contributed by atoms with Crippen molar-refractivity contribution in [2.45, 2.75) is 58.1 Å². The number of pyridine rings is 1. The average Bonchev–Trinajstić information content (AvgIpc) is 3.73. The first-order chi connectivity index (χ1) is 24.3. The molecule has 0 saturated heterocycles. The molecular weight excluding hydrogens is 615 g/mol. The molecule has 10 rings (SSSR count). The van der Waals surface area contributed by atoms with Crippen molar-refractivity contribution in [2.24, 2.45) is 4.99 Å². The smallest absolute Gasteiger partial charge is 0.217 e. The summed E-state index contributed by atoms with van der Waals surface area (Å²) in [5, 5.41) is 2.38. The second kappa shape index (κ2) is 10.7. The number of aryl methyl sites for hydroxylation is 2. The average molecular weight is 652 g/mol. The molecule has 3 aliphatic rings. The van der Waals surface area contributed by atoms with Crippen molar-refractivity contribution in [2.75, 3.05) is 0 Å². The SMILES string of the molecule is Cc1cc2c(cc1Oc1cc(C3=N[C@@H]4CCc5c(C)cccc5[C@@H]4O3)cc(-c3ccccc3)c1)-n1c3ncccc3c3cccc(c31)C2(C)C.